The van der Waals surface area contributed by atoms with Crippen molar-refractivity contribution < 1.29 is 0 Å². The van der Waals surface area contributed by atoms with E-state index in [0.29, 0.717) is 0 Å². The summed E-state index contributed by atoms with van der Waals surface area (Å²) in [5, 5.41) is 11.8. The molecule has 0 unspecified atom stereocenters. The van der Waals surface area contributed by atoms with Crippen molar-refractivity contribution in [1.29, 1.82) is 0 Å². The van der Waals surface area contributed by atoms with Crippen molar-refractivity contribution in [1.82, 2.24) is 25.4 Å². The topological polar surface area (TPSA) is 56.8 Å². The van der Waals surface area contributed by atoms with Crippen LogP contribution in [-0.4, -0.2) is 39.7 Å². The van der Waals surface area contributed by atoms with Crippen LogP contribution in [0.5, 0.6) is 0 Å². The zero-order valence-corrected chi connectivity index (χ0v) is 14.0. The largest absolute Gasteiger partial charge is 0.311 e. The summed E-state index contributed by atoms with van der Waals surface area (Å²) in [6.07, 6.45) is 3.07. The highest BCUT2D eigenvalue weighted by atomic mass is 15.1. The van der Waals surface area contributed by atoms with Gasteiger partial charge in [0.2, 0.25) is 0 Å². The summed E-state index contributed by atoms with van der Waals surface area (Å²) in [6.45, 7) is 7.17. The quantitative estimate of drug-likeness (QED) is 0.709. The second-order valence-corrected chi connectivity index (χ2v) is 6.53. The van der Waals surface area contributed by atoms with Crippen LogP contribution in [0.25, 0.3) is 11.0 Å². The fourth-order valence-corrected chi connectivity index (χ4v) is 3.37. The van der Waals surface area contributed by atoms with Crippen molar-refractivity contribution >= 4 is 11.0 Å². The van der Waals surface area contributed by atoms with Crippen LogP contribution in [0, 0.1) is 6.92 Å². The second-order valence-electron chi connectivity index (χ2n) is 6.53. The second kappa shape index (κ2) is 6.71. The van der Waals surface area contributed by atoms with Gasteiger partial charge in [-0.3, -0.25) is 10.00 Å². The Kier molecular flexibility index (Phi) is 4.28. The van der Waals surface area contributed by atoms with Gasteiger partial charge in [-0.15, -0.1) is 0 Å². The number of fused-ring (bicyclic) bond motifs is 2. The molecule has 3 heterocycles. The summed E-state index contributed by atoms with van der Waals surface area (Å²) >= 11 is 0. The van der Waals surface area contributed by atoms with E-state index < -0.39 is 0 Å². The number of nitrogens with one attached hydrogen (secondary N) is 2. The third kappa shape index (κ3) is 3.18. The Balaban J connectivity index is 1.28. The average Bonchev–Trinajstić information content (AvgIpc) is 2.99. The Labute approximate surface area is 142 Å². The molecule has 0 aliphatic carbocycles. The van der Waals surface area contributed by atoms with Crippen LogP contribution < -0.4 is 5.32 Å². The molecular formula is C19H23N5. The monoisotopic (exact) mass is 321 g/mol. The van der Waals surface area contributed by atoms with E-state index in [2.05, 4.69) is 55.7 Å². The molecule has 0 saturated heterocycles. The third-order valence-corrected chi connectivity index (χ3v) is 4.80. The SMILES string of the molecule is Cc1[nH]nc2ncc(CNCCN3CCc4ccccc4C3)cc12. The lowest BCUT2D eigenvalue weighted by Crippen LogP contribution is -2.35. The Morgan fingerprint density at radius 1 is 1.25 bits per heavy atom. The molecule has 0 saturated carbocycles. The summed E-state index contributed by atoms with van der Waals surface area (Å²) in [5.41, 5.74) is 6.07. The maximum Gasteiger partial charge on any atom is 0.181 e. The van der Waals surface area contributed by atoms with Crippen molar-refractivity contribution in [2.24, 2.45) is 0 Å². The van der Waals surface area contributed by atoms with Crippen LogP contribution in [0.15, 0.2) is 36.5 Å². The molecular weight excluding hydrogens is 298 g/mol. The Hall–Kier alpha value is -2.24. The molecule has 124 valence electrons. The first kappa shape index (κ1) is 15.3. The van der Waals surface area contributed by atoms with Gasteiger partial charge < -0.3 is 5.32 Å². The number of hydrogen-bond acceptors (Lipinski definition) is 4. The van der Waals surface area contributed by atoms with E-state index in [-0.39, 0.29) is 0 Å². The van der Waals surface area contributed by atoms with Crippen LogP contribution in [0.3, 0.4) is 0 Å². The van der Waals surface area contributed by atoms with Gasteiger partial charge in [0, 0.05) is 50.0 Å². The van der Waals surface area contributed by atoms with Gasteiger partial charge in [-0.25, -0.2) is 4.98 Å². The fourth-order valence-electron chi connectivity index (χ4n) is 3.37. The number of nitrogens with zero attached hydrogens (tertiary/aromatic N) is 3. The molecule has 0 amide bonds. The minimum Gasteiger partial charge on any atom is -0.311 e. The Morgan fingerprint density at radius 3 is 3.04 bits per heavy atom. The van der Waals surface area contributed by atoms with Gasteiger partial charge in [0.15, 0.2) is 5.65 Å². The molecule has 0 spiro atoms. The van der Waals surface area contributed by atoms with Crippen molar-refractivity contribution in [3.8, 4) is 0 Å². The van der Waals surface area contributed by atoms with E-state index in [9.17, 15) is 0 Å². The zero-order chi connectivity index (χ0) is 16.4. The number of pyridine rings is 1. The Bertz CT molecular complexity index is 839. The minimum atomic E-state index is 0.795. The van der Waals surface area contributed by atoms with Crippen LogP contribution in [0.1, 0.15) is 22.4 Å². The first-order valence-electron chi connectivity index (χ1n) is 8.59. The number of aryl methyl sites for hydroxylation is 1. The number of aromatic amines is 1. The molecule has 0 fully saturated rings. The molecule has 1 aliphatic heterocycles. The van der Waals surface area contributed by atoms with Gasteiger partial charge in [0.05, 0.1) is 0 Å². The van der Waals surface area contributed by atoms with Gasteiger partial charge in [0.1, 0.15) is 0 Å². The van der Waals surface area contributed by atoms with Gasteiger partial charge in [-0.2, -0.15) is 5.10 Å². The van der Waals surface area contributed by atoms with Gasteiger partial charge in [0.25, 0.3) is 0 Å². The summed E-state index contributed by atoms with van der Waals surface area (Å²) in [6, 6.07) is 11.0. The number of hydrogen-bond donors (Lipinski definition) is 2. The molecule has 4 rings (SSSR count). The fraction of sp³-hybridized carbons (Fsp3) is 0.368. The maximum absolute atomic E-state index is 4.40. The van der Waals surface area contributed by atoms with Gasteiger partial charge in [-0.1, -0.05) is 24.3 Å². The van der Waals surface area contributed by atoms with E-state index in [1.165, 1.54) is 16.7 Å². The third-order valence-electron chi connectivity index (χ3n) is 4.80. The predicted molar refractivity (Wildman–Crippen MR) is 95.8 cm³/mol. The molecule has 3 aromatic rings. The van der Waals surface area contributed by atoms with Crippen molar-refractivity contribution in [2.75, 3.05) is 19.6 Å². The molecule has 5 heteroatoms. The molecule has 24 heavy (non-hydrogen) atoms. The smallest absolute Gasteiger partial charge is 0.181 e. The van der Waals surface area contributed by atoms with E-state index >= 15 is 0 Å². The lowest BCUT2D eigenvalue weighted by atomic mass is 10.00. The standard InChI is InChI=1S/C19H23N5/c1-14-18-10-15(12-21-19(18)23-22-14)11-20-7-9-24-8-6-16-4-2-3-5-17(16)13-24/h2-5,10,12,20H,6-9,11,13H2,1H3,(H,21,22,23). The molecule has 5 nitrogen and oxygen atoms in total. The first-order chi connectivity index (χ1) is 11.8. The van der Waals surface area contributed by atoms with Crippen molar-refractivity contribution in [2.45, 2.75) is 26.4 Å². The van der Waals surface area contributed by atoms with Crippen LogP contribution >= 0.6 is 0 Å². The zero-order valence-electron chi connectivity index (χ0n) is 14.0. The van der Waals surface area contributed by atoms with E-state index in [4.69, 9.17) is 0 Å². The molecule has 1 aromatic carbocycles. The molecule has 2 N–H and O–H groups in total. The van der Waals surface area contributed by atoms with E-state index in [1.54, 1.807) is 0 Å². The maximum atomic E-state index is 4.40. The highest BCUT2D eigenvalue weighted by molar-refractivity contribution is 5.77. The van der Waals surface area contributed by atoms with Crippen molar-refractivity contribution in [3.63, 3.8) is 0 Å². The molecule has 0 atom stereocenters. The lowest BCUT2D eigenvalue weighted by Gasteiger charge is -2.28. The molecule has 0 radical (unpaired) electrons. The number of rotatable bonds is 5. The van der Waals surface area contributed by atoms with Crippen LogP contribution in [-0.2, 0) is 19.5 Å². The van der Waals surface area contributed by atoms with Gasteiger partial charge in [-0.05, 0) is 36.1 Å². The lowest BCUT2D eigenvalue weighted by molar-refractivity contribution is 0.254. The molecule has 1 aliphatic rings. The molecule has 2 aromatic heterocycles. The summed E-state index contributed by atoms with van der Waals surface area (Å²) in [4.78, 5) is 6.93. The Morgan fingerprint density at radius 2 is 2.12 bits per heavy atom. The number of benzene rings is 1. The first-order valence-corrected chi connectivity index (χ1v) is 8.59. The van der Waals surface area contributed by atoms with E-state index in [1.807, 2.05) is 13.1 Å². The average molecular weight is 321 g/mol. The van der Waals surface area contributed by atoms with Crippen LogP contribution in [0.4, 0.5) is 0 Å². The summed E-state index contributed by atoms with van der Waals surface area (Å²) in [5.74, 6) is 0. The van der Waals surface area contributed by atoms with Gasteiger partial charge >= 0.3 is 0 Å². The number of H-pyrrole nitrogens is 1. The normalized spacial score (nSPS) is 14.9. The van der Waals surface area contributed by atoms with E-state index in [0.717, 1.165) is 55.9 Å². The summed E-state index contributed by atoms with van der Waals surface area (Å²) in [7, 11) is 0. The molecule has 0 bridgehead atoms. The highest BCUT2D eigenvalue weighted by Crippen LogP contribution is 2.18. The minimum absolute atomic E-state index is 0.795. The number of aromatic nitrogens is 3. The van der Waals surface area contributed by atoms with Crippen LogP contribution in [0.2, 0.25) is 0 Å². The predicted octanol–water partition coefficient (Wildman–Crippen LogP) is 2.41. The highest BCUT2D eigenvalue weighted by Gasteiger charge is 2.14. The van der Waals surface area contributed by atoms with Crippen molar-refractivity contribution in [3.05, 3.63) is 58.9 Å². The summed E-state index contributed by atoms with van der Waals surface area (Å²) < 4.78 is 0.